The number of benzene rings is 2. The van der Waals surface area contributed by atoms with Crippen LogP contribution in [0, 0.1) is 6.07 Å². The van der Waals surface area contributed by atoms with Crippen molar-refractivity contribution in [3.8, 4) is 11.1 Å². The second kappa shape index (κ2) is 11.3. The van der Waals surface area contributed by atoms with Crippen LogP contribution in [0.3, 0.4) is 0 Å². The Balaban J connectivity index is 0.000000827. The predicted octanol–water partition coefficient (Wildman–Crippen LogP) is -1.07. The van der Waals surface area contributed by atoms with E-state index in [0.29, 0.717) is 0 Å². The summed E-state index contributed by atoms with van der Waals surface area (Å²) in [5, 5.41) is 0. The fourth-order valence-electron chi connectivity index (χ4n) is 2.89. The molecule has 2 aromatic carbocycles. The van der Waals surface area contributed by atoms with E-state index in [1.165, 1.54) is 33.4 Å². The molecular formula is C20H20Cl2SiZr. The van der Waals surface area contributed by atoms with Gasteiger partial charge in [0, 0.05) is 9.52 Å². The van der Waals surface area contributed by atoms with Gasteiger partial charge < -0.3 is 24.8 Å². The maximum absolute atomic E-state index is 3.61. The third-order valence-corrected chi connectivity index (χ3v) is 3.82. The summed E-state index contributed by atoms with van der Waals surface area (Å²) in [5.41, 5.74) is 8.16. The molecule has 122 valence electrons. The van der Waals surface area contributed by atoms with Crippen LogP contribution in [0.25, 0.3) is 16.7 Å². The topological polar surface area (TPSA) is 0 Å². The minimum atomic E-state index is 0. The molecular weight excluding hydrogens is 430 g/mol. The van der Waals surface area contributed by atoms with Gasteiger partial charge in [-0.3, -0.25) is 0 Å². The molecule has 2 aromatic rings. The van der Waals surface area contributed by atoms with Gasteiger partial charge in [0.1, 0.15) is 0 Å². The van der Waals surface area contributed by atoms with Gasteiger partial charge in [0.2, 0.25) is 0 Å². The van der Waals surface area contributed by atoms with E-state index in [-0.39, 0.29) is 51.0 Å². The van der Waals surface area contributed by atoms with Crippen molar-refractivity contribution in [1.82, 2.24) is 0 Å². The molecule has 4 rings (SSSR count). The van der Waals surface area contributed by atoms with Crippen LogP contribution in [0.4, 0.5) is 0 Å². The summed E-state index contributed by atoms with van der Waals surface area (Å²) < 4.78 is 0. The Hall–Kier alpha value is -0.400. The first-order valence-corrected chi connectivity index (χ1v) is 9.88. The largest absolute Gasteiger partial charge is 3.00 e. The third-order valence-electron chi connectivity index (χ3n) is 3.82. The zero-order chi connectivity index (χ0) is 14.7. The molecule has 2 radical (unpaired) electrons. The van der Waals surface area contributed by atoms with Gasteiger partial charge in [0.05, 0.1) is 0 Å². The Morgan fingerprint density at radius 3 is 2.33 bits per heavy atom. The molecule has 0 nitrogen and oxygen atoms in total. The number of allylic oxidation sites excluding steroid dienone is 4. The second-order valence-corrected chi connectivity index (χ2v) is 6.65. The van der Waals surface area contributed by atoms with E-state index in [1.54, 1.807) is 0 Å². The van der Waals surface area contributed by atoms with Crippen molar-refractivity contribution in [3.05, 3.63) is 77.4 Å². The number of halogens is 2. The van der Waals surface area contributed by atoms with Gasteiger partial charge in [-0.05, 0) is 18.4 Å². The van der Waals surface area contributed by atoms with Crippen molar-refractivity contribution in [2.45, 2.75) is 25.9 Å². The van der Waals surface area contributed by atoms with Gasteiger partial charge in [-0.2, -0.15) is 0 Å². The SMILES string of the molecule is C[SiH]C.[Cl-].[Cl-].[Zr+3].[c-]1c(C2=CC=CC2)ccc2c1Cc1ccccc1-2. The maximum atomic E-state index is 3.61. The summed E-state index contributed by atoms with van der Waals surface area (Å²) in [7, 11) is 0.750. The molecule has 0 aromatic heterocycles. The molecule has 0 amide bonds. The minimum absolute atomic E-state index is 0. The Kier molecular flexibility index (Phi) is 11.1. The molecule has 2 aliphatic rings. The number of hydrogen-bond donors (Lipinski definition) is 0. The first-order chi connectivity index (χ1) is 10.3. The first kappa shape index (κ1) is 23.6. The summed E-state index contributed by atoms with van der Waals surface area (Å²) in [5.74, 6) is 0. The average Bonchev–Trinajstić information content (AvgIpc) is 3.15. The van der Waals surface area contributed by atoms with Crippen molar-refractivity contribution in [3.63, 3.8) is 0 Å². The van der Waals surface area contributed by atoms with Crippen molar-refractivity contribution < 1.29 is 51.0 Å². The Morgan fingerprint density at radius 2 is 1.67 bits per heavy atom. The molecule has 4 heteroatoms. The van der Waals surface area contributed by atoms with E-state index in [4.69, 9.17) is 0 Å². The molecule has 0 heterocycles. The molecule has 0 fully saturated rings. The molecule has 0 unspecified atom stereocenters. The van der Waals surface area contributed by atoms with Crippen LogP contribution < -0.4 is 24.8 Å². The molecule has 0 atom stereocenters. The van der Waals surface area contributed by atoms with E-state index in [2.05, 4.69) is 73.8 Å². The van der Waals surface area contributed by atoms with Gasteiger partial charge in [-0.15, -0.1) is 41.0 Å². The number of fused-ring (bicyclic) bond motifs is 3. The van der Waals surface area contributed by atoms with Crippen molar-refractivity contribution in [1.29, 1.82) is 0 Å². The Labute approximate surface area is 179 Å². The van der Waals surface area contributed by atoms with Gasteiger partial charge >= 0.3 is 26.2 Å². The summed E-state index contributed by atoms with van der Waals surface area (Å²) in [4.78, 5) is 0. The van der Waals surface area contributed by atoms with Crippen molar-refractivity contribution in [2.24, 2.45) is 0 Å². The smallest absolute Gasteiger partial charge is 1.00 e. The van der Waals surface area contributed by atoms with Crippen molar-refractivity contribution >= 4 is 15.1 Å². The summed E-state index contributed by atoms with van der Waals surface area (Å²) in [6, 6.07) is 16.7. The first-order valence-electron chi connectivity index (χ1n) is 7.57. The van der Waals surface area contributed by atoms with E-state index < -0.39 is 0 Å². The fourth-order valence-corrected chi connectivity index (χ4v) is 2.89. The number of rotatable bonds is 1. The minimum Gasteiger partial charge on any atom is -1.00 e. The Morgan fingerprint density at radius 1 is 0.958 bits per heavy atom. The normalized spacial score (nSPS) is 12.3. The molecule has 0 saturated heterocycles. The summed E-state index contributed by atoms with van der Waals surface area (Å²) >= 11 is 0. The van der Waals surface area contributed by atoms with E-state index >= 15 is 0 Å². The quantitative estimate of drug-likeness (QED) is 0.327. The van der Waals surface area contributed by atoms with Crippen LogP contribution in [0.15, 0.2) is 54.6 Å². The fraction of sp³-hybridized carbons (Fsp3) is 0.200. The standard InChI is InChI=1S/C18H13.C2H7Si.2ClH.Zr/c1-2-6-13(5-1)14-9-10-18-16(11-14)12-15-7-3-4-8-17(15)18;1-3-2;;;/h1-5,7-10H,6,12H2;3H,1-2H3;2*1H;/q-1;;;;+3/p-2. The van der Waals surface area contributed by atoms with Crippen LogP contribution >= 0.6 is 0 Å². The van der Waals surface area contributed by atoms with E-state index in [0.717, 1.165) is 22.4 Å². The van der Waals surface area contributed by atoms with Gasteiger partial charge in [-0.1, -0.05) is 60.6 Å². The zero-order valence-corrected chi connectivity index (χ0v) is 19.1. The summed E-state index contributed by atoms with van der Waals surface area (Å²) in [6.45, 7) is 4.42. The van der Waals surface area contributed by atoms with E-state index in [9.17, 15) is 0 Å². The molecule has 0 N–H and O–H groups in total. The molecule has 0 aliphatic heterocycles. The summed E-state index contributed by atoms with van der Waals surface area (Å²) in [6.07, 6.45) is 8.60. The third kappa shape index (κ3) is 5.05. The van der Waals surface area contributed by atoms with Crippen LogP contribution in [0.5, 0.6) is 0 Å². The zero-order valence-electron chi connectivity index (χ0n) is 13.9. The van der Waals surface area contributed by atoms with Gasteiger partial charge in [0.25, 0.3) is 0 Å². The van der Waals surface area contributed by atoms with Crippen LogP contribution in [0.2, 0.25) is 13.1 Å². The second-order valence-electron chi connectivity index (χ2n) is 5.50. The van der Waals surface area contributed by atoms with Gasteiger partial charge in [0.15, 0.2) is 0 Å². The molecule has 2 aliphatic carbocycles. The molecule has 0 spiro atoms. The van der Waals surface area contributed by atoms with Gasteiger partial charge in [-0.25, -0.2) is 0 Å². The van der Waals surface area contributed by atoms with Crippen molar-refractivity contribution in [2.75, 3.05) is 0 Å². The van der Waals surface area contributed by atoms with Crippen LogP contribution in [0.1, 0.15) is 23.1 Å². The molecule has 0 saturated carbocycles. The van der Waals surface area contributed by atoms with Crippen LogP contribution in [-0.4, -0.2) is 9.52 Å². The Bertz CT molecular complexity index is 723. The van der Waals surface area contributed by atoms with Crippen LogP contribution in [-0.2, 0) is 32.6 Å². The molecule has 0 bridgehead atoms. The molecule has 24 heavy (non-hydrogen) atoms. The maximum Gasteiger partial charge on any atom is 3.00 e. The van der Waals surface area contributed by atoms with E-state index in [1.807, 2.05) is 0 Å². The monoisotopic (exact) mass is 448 g/mol. The number of hydrogen-bond acceptors (Lipinski definition) is 0. The average molecular weight is 451 g/mol. The predicted molar refractivity (Wildman–Crippen MR) is 94.1 cm³/mol.